The molecule has 0 unspecified atom stereocenters. The molecule has 1 heterocycles. The summed E-state index contributed by atoms with van der Waals surface area (Å²) < 4.78 is 6.04. The number of aryl methyl sites for hydroxylation is 2. The van der Waals surface area contributed by atoms with Gasteiger partial charge in [-0.3, -0.25) is 9.89 Å². The number of hydrogen-bond acceptors (Lipinski definition) is 3. The normalized spacial score (nSPS) is 10.6. The Bertz CT molecular complexity index is 637. The van der Waals surface area contributed by atoms with Crippen LogP contribution in [0, 0.1) is 6.92 Å². The molecule has 1 aromatic heterocycles. The number of nitrogens with one attached hydrogen (secondary N) is 1. The van der Waals surface area contributed by atoms with Crippen LogP contribution < -0.4 is 4.74 Å². The lowest BCUT2D eigenvalue weighted by Gasteiger charge is -2.06. The number of benzene rings is 1. The lowest BCUT2D eigenvalue weighted by Crippen LogP contribution is -1.98. The van der Waals surface area contributed by atoms with Crippen LogP contribution in [0.2, 0.25) is 0 Å². The van der Waals surface area contributed by atoms with Crippen LogP contribution in [0.5, 0.6) is 5.75 Å². The van der Waals surface area contributed by atoms with Crippen molar-refractivity contribution in [2.45, 2.75) is 19.8 Å². The van der Waals surface area contributed by atoms with Gasteiger partial charge in [-0.1, -0.05) is 0 Å². The molecule has 0 aliphatic carbocycles. The molecule has 2 N–H and O–H groups in total. The maximum absolute atomic E-state index is 10.6. The summed E-state index contributed by atoms with van der Waals surface area (Å²) in [5.41, 5.74) is 3.53. The van der Waals surface area contributed by atoms with Gasteiger partial charge in [0.25, 0.3) is 0 Å². The molecule has 0 fully saturated rings. The fraction of sp³-hybridized carbons (Fsp3) is 0.286. The van der Waals surface area contributed by atoms with Gasteiger partial charge in [0.05, 0.1) is 23.7 Å². The lowest BCUT2D eigenvalue weighted by molar-refractivity contribution is -0.136. The van der Waals surface area contributed by atoms with Crippen LogP contribution in [0.25, 0.3) is 11.3 Å². The summed E-state index contributed by atoms with van der Waals surface area (Å²) in [6.45, 7) is 1.97. The summed E-state index contributed by atoms with van der Waals surface area (Å²) in [4.78, 5) is 10.6. The van der Waals surface area contributed by atoms with Gasteiger partial charge in [-0.25, -0.2) is 0 Å². The van der Waals surface area contributed by atoms with Crippen molar-refractivity contribution in [1.82, 2.24) is 10.2 Å². The van der Waals surface area contributed by atoms with Crippen molar-refractivity contribution < 1.29 is 14.6 Å². The molecule has 2 aromatic rings. The Morgan fingerprint density at radius 2 is 2.25 bits per heavy atom. The first-order valence-electron chi connectivity index (χ1n) is 6.12. The number of carboxylic acids is 1. The summed E-state index contributed by atoms with van der Waals surface area (Å²) in [5, 5.41) is 15.9. The van der Waals surface area contributed by atoms with Crippen molar-refractivity contribution in [3.63, 3.8) is 0 Å². The first-order valence-corrected chi connectivity index (χ1v) is 6.91. The summed E-state index contributed by atoms with van der Waals surface area (Å²) in [6.07, 6.45) is 0.486. The summed E-state index contributed by atoms with van der Waals surface area (Å²) in [7, 11) is 1.64. The second-order valence-electron chi connectivity index (χ2n) is 4.44. The summed E-state index contributed by atoms with van der Waals surface area (Å²) in [5.74, 6) is -0.000138. The third-order valence-electron chi connectivity index (χ3n) is 3.03. The van der Waals surface area contributed by atoms with E-state index in [0.717, 1.165) is 32.7 Å². The minimum atomic E-state index is -0.826. The molecular weight excluding hydrogens is 324 g/mol. The molecule has 0 aliphatic heterocycles. The molecule has 0 saturated carbocycles. The van der Waals surface area contributed by atoms with Gasteiger partial charge in [0.1, 0.15) is 11.4 Å². The molecule has 0 aliphatic rings. The molecule has 2 rings (SSSR count). The minimum Gasteiger partial charge on any atom is -0.496 e. The second kappa shape index (κ2) is 6.09. The Morgan fingerprint density at radius 3 is 2.85 bits per heavy atom. The van der Waals surface area contributed by atoms with Gasteiger partial charge in [0.15, 0.2) is 0 Å². The Morgan fingerprint density at radius 1 is 1.50 bits per heavy atom. The zero-order valence-electron chi connectivity index (χ0n) is 11.2. The van der Waals surface area contributed by atoms with E-state index >= 15 is 0 Å². The molecular formula is C14H15BrN2O3. The molecule has 0 bridgehead atoms. The van der Waals surface area contributed by atoms with Gasteiger partial charge in [-0.2, -0.15) is 5.10 Å². The topological polar surface area (TPSA) is 75.2 Å². The Balaban J connectivity index is 2.29. The molecule has 0 radical (unpaired) electrons. The van der Waals surface area contributed by atoms with Crippen LogP contribution in [-0.2, 0) is 11.2 Å². The van der Waals surface area contributed by atoms with E-state index < -0.39 is 5.97 Å². The maximum Gasteiger partial charge on any atom is 0.303 e. The number of hydrogen-bond donors (Lipinski definition) is 2. The number of aliphatic carboxylic acids is 1. The Kier molecular flexibility index (Phi) is 4.44. The molecule has 0 saturated heterocycles. The molecule has 1 aromatic carbocycles. The Hall–Kier alpha value is -1.82. The number of H-pyrrole nitrogens is 1. The van der Waals surface area contributed by atoms with Gasteiger partial charge in [-0.05, 0) is 46.6 Å². The number of aromatic nitrogens is 2. The van der Waals surface area contributed by atoms with Crippen LogP contribution in [0.3, 0.4) is 0 Å². The average Bonchev–Trinajstić information content (AvgIpc) is 2.77. The summed E-state index contributed by atoms with van der Waals surface area (Å²) >= 11 is 3.48. The lowest BCUT2D eigenvalue weighted by atomic mass is 10.1. The third kappa shape index (κ3) is 3.01. The van der Waals surface area contributed by atoms with Crippen molar-refractivity contribution in [2.24, 2.45) is 0 Å². The highest BCUT2D eigenvalue weighted by Gasteiger charge is 2.14. The standard InChI is InChI=1S/C14H15BrN2O3/c1-8-7-9(3-5-11(8)20-2)14-13(15)10(16-17-14)4-6-12(18)19/h3,5,7H,4,6H2,1-2H3,(H,16,17)(H,18,19). The number of rotatable bonds is 5. The van der Waals surface area contributed by atoms with Crippen molar-refractivity contribution in [3.05, 3.63) is 33.9 Å². The van der Waals surface area contributed by atoms with Gasteiger partial charge >= 0.3 is 5.97 Å². The van der Waals surface area contributed by atoms with Crippen LogP contribution in [0.1, 0.15) is 17.7 Å². The van der Waals surface area contributed by atoms with E-state index in [9.17, 15) is 4.79 Å². The molecule has 6 heteroatoms. The maximum atomic E-state index is 10.6. The predicted molar refractivity (Wildman–Crippen MR) is 79.0 cm³/mol. The van der Waals surface area contributed by atoms with Crippen LogP contribution in [-0.4, -0.2) is 28.4 Å². The first-order chi connectivity index (χ1) is 9.52. The molecule has 20 heavy (non-hydrogen) atoms. The number of aromatic amines is 1. The first kappa shape index (κ1) is 14.6. The van der Waals surface area contributed by atoms with Crippen molar-refractivity contribution in [3.8, 4) is 17.0 Å². The highest BCUT2D eigenvalue weighted by Crippen LogP contribution is 2.32. The number of halogens is 1. The number of ether oxygens (including phenoxy) is 1. The zero-order chi connectivity index (χ0) is 14.7. The van der Waals surface area contributed by atoms with Crippen LogP contribution in [0.15, 0.2) is 22.7 Å². The van der Waals surface area contributed by atoms with Gasteiger partial charge in [0.2, 0.25) is 0 Å². The van der Waals surface area contributed by atoms with Crippen molar-refractivity contribution in [2.75, 3.05) is 7.11 Å². The van der Waals surface area contributed by atoms with E-state index in [0.29, 0.717) is 6.42 Å². The fourth-order valence-electron chi connectivity index (χ4n) is 1.98. The van der Waals surface area contributed by atoms with Crippen LogP contribution in [0.4, 0.5) is 0 Å². The molecule has 5 nitrogen and oxygen atoms in total. The van der Waals surface area contributed by atoms with E-state index in [-0.39, 0.29) is 6.42 Å². The Labute approximate surface area is 125 Å². The number of carboxylic acid groups (broad SMARTS) is 1. The fourth-order valence-corrected chi connectivity index (χ4v) is 2.58. The second-order valence-corrected chi connectivity index (χ2v) is 5.24. The molecule has 106 valence electrons. The predicted octanol–water partition coefficient (Wildman–Crippen LogP) is 3.17. The average molecular weight is 339 g/mol. The minimum absolute atomic E-state index is 0.0713. The molecule has 0 amide bonds. The largest absolute Gasteiger partial charge is 0.496 e. The van der Waals surface area contributed by atoms with Gasteiger partial charge < -0.3 is 9.84 Å². The van der Waals surface area contributed by atoms with Crippen molar-refractivity contribution >= 4 is 21.9 Å². The van der Waals surface area contributed by atoms with Crippen LogP contribution >= 0.6 is 15.9 Å². The number of carbonyl (C=O) groups is 1. The summed E-state index contributed by atoms with van der Waals surface area (Å²) in [6, 6.07) is 5.80. The highest BCUT2D eigenvalue weighted by molar-refractivity contribution is 9.10. The molecule has 0 atom stereocenters. The monoisotopic (exact) mass is 338 g/mol. The van der Waals surface area contributed by atoms with E-state index in [1.54, 1.807) is 7.11 Å². The van der Waals surface area contributed by atoms with E-state index in [1.165, 1.54) is 0 Å². The smallest absolute Gasteiger partial charge is 0.303 e. The highest BCUT2D eigenvalue weighted by atomic mass is 79.9. The van der Waals surface area contributed by atoms with Gasteiger partial charge in [0, 0.05) is 12.0 Å². The number of nitrogens with zero attached hydrogens (tertiary/aromatic N) is 1. The van der Waals surface area contributed by atoms with E-state index in [2.05, 4.69) is 26.1 Å². The van der Waals surface area contributed by atoms with E-state index in [4.69, 9.17) is 9.84 Å². The van der Waals surface area contributed by atoms with E-state index in [1.807, 2.05) is 25.1 Å². The SMILES string of the molecule is COc1ccc(-c2n[nH]c(CCC(=O)O)c2Br)cc1C. The molecule has 0 spiro atoms. The zero-order valence-corrected chi connectivity index (χ0v) is 12.8. The van der Waals surface area contributed by atoms with Crippen molar-refractivity contribution in [1.29, 1.82) is 0 Å². The van der Waals surface area contributed by atoms with Gasteiger partial charge in [-0.15, -0.1) is 0 Å². The third-order valence-corrected chi connectivity index (χ3v) is 3.89. The quantitative estimate of drug-likeness (QED) is 0.877. The number of methoxy groups -OCH3 is 1.